The number of anilines is 1. The van der Waals surface area contributed by atoms with E-state index in [2.05, 4.69) is 0 Å². The number of hydrogen-bond acceptors (Lipinski definition) is 7. The molecule has 0 aliphatic carbocycles. The molecular weight excluding hydrogens is 465 g/mol. The highest BCUT2D eigenvalue weighted by atomic mass is 35.5. The van der Waals surface area contributed by atoms with E-state index in [9.17, 15) is 14.4 Å². The lowest BCUT2D eigenvalue weighted by Crippen LogP contribution is -2.27. The van der Waals surface area contributed by atoms with Crippen LogP contribution in [0.5, 0.6) is 11.5 Å². The Kier molecular flexibility index (Phi) is 7.48. The Bertz CT molecular complexity index is 1070. The first-order valence-corrected chi connectivity index (χ1v) is 10.6. The summed E-state index contributed by atoms with van der Waals surface area (Å²) in [6.45, 7) is 1.59. The summed E-state index contributed by atoms with van der Waals surface area (Å²) in [7, 11) is 1.42. The molecule has 1 saturated heterocycles. The van der Waals surface area contributed by atoms with Gasteiger partial charge in [0.1, 0.15) is 0 Å². The number of nitrogens with zero attached hydrogens (tertiary/aromatic N) is 1. The molecule has 0 aromatic heterocycles. The van der Waals surface area contributed by atoms with Crippen molar-refractivity contribution in [2.45, 2.75) is 6.92 Å². The third kappa shape index (κ3) is 5.33. The number of amides is 2. The SMILES string of the molecule is CCOC(=O)COc1c(Cl)cc(/C=C2/SC(=O)N(c3cccc(Cl)c3)C2=O)cc1OC. The largest absolute Gasteiger partial charge is 0.493 e. The van der Waals surface area contributed by atoms with Crippen LogP contribution >= 0.6 is 35.0 Å². The third-order valence-electron chi connectivity index (χ3n) is 4.05. The van der Waals surface area contributed by atoms with E-state index in [1.54, 1.807) is 31.2 Å². The van der Waals surface area contributed by atoms with Gasteiger partial charge in [0.05, 0.1) is 29.3 Å². The molecule has 7 nitrogen and oxygen atoms in total. The number of carbonyl (C=O) groups is 3. The highest BCUT2D eigenvalue weighted by Crippen LogP contribution is 2.40. The number of benzene rings is 2. The standard InChI is InChI=1S/C21H17Cl2NO6S/c1-3-29-18(25)11-30-19-15(23)7-12(8-16(19)28-2)9-17-20(26)24(21(27)31-17)14-6-4-5-13(22)10-14/h4-10H,3,11H2,1-2H3/b17-9+. The number of thioether (sulfide) groups is 1. The summed E-state index contributed by atoms with van der Waals surface area (Å²) in [5.74, 6) is -0.590. The summed E-state index contributed by atoms with van der Waals surface area (Å²) >= 11 is 13.1. The van der Waals surface area contributed by atoms with Crippen LogP contribution in [-0.2, 0) is 14.3 Å². The fourth-order valence-corrected chi connectivity index (χ4v) is 4.05. The number of imide groups is 1. The van der Waals surface area contributed by atoms with Crippen molar-refractivity contribution in [2.75, 3.05) is 25.2 Å². The fraction of sp³-hybridized carbons (Fsp3) is 0.190. The zero-order valence-corrected chi connectivity index (χ0v) is 18.8. The van der Waals surface area contributed by atoms with E-state index in [0.29, 0.717) is 16.3 Å². The van der Waals surface area contributed by atoms with Gasteiger partial charge in [-0.3, -0.25) is 9.59 Å². The number of hydrogen-bond donors (Lipinski definition) is 0. The Hall–Kier alpha value is -2.68. The van der Waals surface area contributed by atoms with E-state index in [1.165, 1.54) is 25.3 Å². The van der Waals surface area contributed by atoms with Gasteiger partial charge in [0.25, 0.3) is 11.1 Å². The van der Waals surface area contributed by atoms with E-state index in [0.717, 1.165) is 16.7 Å². The van der Waals surface area contributed by atoms with Gasteiger partial charge in [-0.15, -0.1) is 0 Å². The summed E-state index contributed by atoms with van der Waals surface area (Å²) in [6, 6.07) is 9.60. The Balaban J connectivity index is 1.86. The average molecular weight is 482 g/mol. The van der Waals surface area contributed by atoms with Crippen LogP contribution in [0.2, 0.25) is 10.0 Å². The van der Waals surface area contributed by atoms with Crippen molar-refractivity contribution in [1.29, 1.82) is 0 Å². The topological polar surface area (TPSA) is 82.1 Å². The average Bonchev–Trinajstić information content (AvgIpc) is 3.00. The van der Waals surface area contributed by atoms with Crippen molar-refractivity contribution in [3.05, 3.63) is 56.9 Å². The van der Waals surface area contributed by atoms with E-state index in [-0.39, 0.29) is 34.6 Å². The number of carbonyl (C=O) groups excluding carboxylic acids is 3. The maximum atomic E-state index is 12.8. The number of rotatable bonds is 7. The van der Waals surface area contributed by atoms with Crippen LogP contribution in [0.3, 0.4) is 0 Å². The first-order valence-electron chi connectivity index (χ1n) is 9.03. The number of ether oxygens (including phenoxy) is 3. The van der Waals surface area contributed by atoms with Gasteiger partial charge in [0, 0.05) is 5.02 Å². The highest BCUT2D eigenvalue weighted by Gasteiger charge is 2.36. The second-order valence-electron chi connectivity index (χ2n) is 6.12. The maximum Gasteiger partial charge on any atom is 0.344 e. The first kappa shape index (κ1) is 23.0. The molecule has 0 saturated carbocycles. The molecule has 0 spiro atoms. The lowest BCUT2D eigenvalue weighted by Gasteiger charge is -2.13. The van der Waals surface area contributed by atoms with Crippen molar-refractivity contribution in [3.8, 4) is 11.5 Å². The second-order valence-corrected chi connectivity index (χ2v) is 7.96. The quantitative estimate of drug-likeness (QED) is 0.397. The lowest BCUT2D eigenvalue weighted by molar-refractivity contribution is -0.145. The third-order valence-corrected chi connectivity index (χ3v) is 5.43. The molecule has 162 valence electrons. The zero-order chi connectivity index (χ0) is 22.5. The molecule has 2 aromatic carbocycles. The van der Waals surface area contributed by atoms with Crippen LogP contribution in [0.15, 0.2) is 41.3 Å². The monoisotopic (exact) mass is 481 g/mol. The van der Waals surface area contributed by atoms with E-state index >= 15 is 0 Å². The number of methoxy groups -OCH3 is 1. The molecule has 2 aromatic rings. The molecule has 0 N–H and O–H groups in total. The van der Waals surface area contributed by atoms with Gasteiger partial charge in [-0.05, 0) is 60.7 Å². The molecule has 1 heterocycles. The van der Waals surface area contributed by atoms with Gasteiger partial charge < -0.3 is 14.2 Å². The van der Waals surface area contributed by atoms with Crippen LogP contribution in [-0.4, -0.2) is 37.4 Å². The molecule has 0 atom stereocenters. The summed E-state index contributed by atoms with van der Waals surface area (Å²) in [4.78, 5) is 38.0. The Morgan fingerprint density at radius 3 is 2.65 bits per heavy atom. The van der Waals surface area contributed by atoms with Gasteiger partial charge in [0.2, 0.25) is 0 Å². The highest BCUT2D eigenvalue weighted by molar-refractivity contribution is 8.19. The normalized spacial score (nSPS) is 14.8. The van der Waals surface area contributed by atoms with Crippen molar-refractivity contribution in [1.82, 2.24) is 0 Å². The molecule has 0 radical (unpaired) electrons. The zero-order valence-electron chi connectivity index (χ0n) is 16.5. The summed E-state index contributed by atoms with van der Waals surface area (Å²) in [5, 5.41) is 0.144. The Labute approximate surface area is 192 Å². The molecule has 1 aliphatic rings. The minimum atomic E-state index is -0.542. The maximum absolute atomic E-state index is 12.8. The summed E-state index contributed by atoms with van der Waals surface area (Å²) < 4.78 is 15.5. The minimum absolute atomic E-state index is 0.168. The van der Waals surface area contributed by atoms with Gasteiger partial charge in [0.15, 0.2) is 18.1 Å². The fourth-order valence-electron chi connectivity index (χ4n) is 2.75. The van der Waals surface area contributed by atoms with E-state index in [4.69, 9.17) is 37.4 Å². The number of esters is 1. The van der Waals surface area contributed by atoms with Gasteiger partial charge in [-0.1, -0.05) is 29.3 Å². The summed E-state index contributed by atoms with van der Waals surface area (Å²) in [6.07, 6.45) is 1.53. The Morgan fingerprint density at radius 2 is 1.97 bits per heavy atom. The molecular formula is C21H17Cl2NO6S. The van der Waals surface area contributed by atoms with Gasteiger partial charge in [-0.25, -0.2) is 9.69 Å². The second kappa shape index (κ2) is 10.1. The van der Waals surface area contributed by atoms with E-state index in [1.807, 2.05) is 0 Å². The van der Waals surface area contributed by atoms with Crippen LogP contribution in [0.1, 0.15) is 12.5 Å². The predicted octanol–water partition coefficient (Wildman–Crippen LogP) is 5.18. The molecule has 3 rings (SSSR count). The molecule has 10 heteroatoms. The minimum Gasteiger partial charge on any atom is -0.493 e. The van der Waals surface area contributed by atoms with E-state index < -0.39 is 17.1 Å². The van der Waals surface area contributed by atoms with Gasteiger partial charge in [-0.2, -0.15) is 0 Å². The van der Waals surface area contributed by atoms with Crippen molar-refractivity contribution < 1.29 is 28.6 Å². The lowest BCUT2D eigenvalue weighted by atomic mass is 10.1. The van der Waals surface area contributed by atoms with Crippen molar-refractivity contribution in [2.24, 2.45) is 0 Å². The molecule has 2 amide bonds. The smallest absolute Gasteiger partial charge is 0.344 e. The van der Waals surface area contributed by atoms with Crippen LogP contribution in [0.4, 0.5) is 10.5 Å². The molecule has 1 aliphatic heterocycles. The Morgan fingerprint density at radius 1 is 1.19 bits per heavy atom. The molecule has 1 fully saturated rings. The molecule has 31 heavy (non-hydrogen) atoms. The first-order chi connectivity index (χ1) is 14.8. The predicted molar refractivity (Wildman–Crippen MR) is 120 cm³/mol. The van der Waals surface area contributed by atoms with Crippen LogP contribution in [0.25, 0.3) is 6.08 Å². The van der Waals surface area contributed by atoms with Crippen molar-refractivity contribution in [3.63, 3.8) is 0 Å². The van der Waals surface area contributed by atoms with Crippen molar-refractivity contribution >= 4 is 63.8 Å². The molecule has 0 bridgehead atoms. The van der Waals surface area contributed by atoms with Gasteiger partial charge >= 0.3 is 5.97 Å². The molecule has 0 unspecified atom stereocenters. The van der Waals surface area contributed by atoms with Crippen LogP contribution < -0.4 is 14.4 Å². The summed E-state index contributed by atoms with van der Waals surface area (Å²) in [5.41, 5.74) is 0.902. The van der Waals surface area contributed by atoms with Crippen LogP contribution in [0, 0.1) is 0 Å². The number of halogens is 2.